The lowest BCUT2D eigenvalue weighted by Crippen LogP contribution is -2.29. The average Bonchev–Trinajstić information content (AvgIpc) is 3.10. The monoisotopic (exact) mass is 469 g/mol. The summed E-state index contributed by atoms with van der Waals surface area (Å²) in [5.41, 5.74) is 4.72. The molecule has 0 spiro atoms. The molecule has 1 amide bonds. The highest BCUT2D eigenvalue weighted by Crippen LogP contribution is 2.43. The van der Waals surface area contributed by atoms with Gasteiger partial charge >= 0.3 is 0 Å². The van der Waals surface area contributed by atoms with E-state index in [9.17, 15) is 14.7 Å². The molecule has 1 fully saturated rings. The number of hydrogen-bond donors (Lipinski definition) is 1. The number of anilines is 1. The Morgan fingerprint density at radius 3 is 2.31 bits per heavy atom. The lowest BCUT2D eigenvalue weighted by atomic mass is 9.93. The van der Waals surface area contributed by atoms with Crippen LogP contribution in [0.1, 0.15) is 47.7 Å². The summed E-state index contributed by atoms with van der Waals surface area (Å²) < 4.78 is 5.93. The van der Waals surface area contributed by atoms with E-state index >= 15 is 0 Å². The molecule has 0 aromatic heterocycles. The number of rotatable bonds is 6. The number of ether oxygens (including phenoxy) is 1. The normalized spacial score (nSPS) is 17.3. The third kappa shape index (κ3) is 4.85. The fraction of sp³-hybridized carbons (Fsp3) is 0.267. The number of aliphatic hydroxyl groups excluding tert-OH is 1. The largest absolute Gasteiger partial charge is 0.507 e. The van der Waals surface area contributed by atoms with Crippen LogP contribution in [0.5, 0.6) is 5.75 Å². The van der Waals surface area contributed by atoms with Crippen molar-refractivity contribution in [2.45, 2.75) is 40.7 Å². The van der Waals surface area contributed by atoms with Gasteiger partial charge in [-0.15, -0.1) is 0 Å². The van der Waals surface area contributed by atoms with Crippen LogP contribution in [0.15, 0.2) is 72.3 Å². The van der Waals surface area contributed by atoms with Crippen LogP contribution < -0.4 is 9.64 Å². The summed E-state index contributed by atoms with van der Waals surface area (Å²) in [5.74, 6) is -0.544. The molecular formula is C30H31NO4. The van der Waals surface area contributed by atoms with Crippen LogP contribution in [0.25, 0.3) is 5.76 Å². The lowest BCUT2D eigenvalue weighted by molar-refractivity contribution is -0.132. The van der Waals surface area contributed by atoms with E-state index in [4.69, 9.17) is 4.74 Å². The SMILES string of the molecule is Cc1ccc(N2C(=O)C(=O)/C(=C(/O)c3cc(C)ccc3C)C2c2cccc(OCC(C)C)c2)cc1. The molecule has 1 saturated heterocycles. The van der Waals surface area contributed by atoms with Crippen molar-refractivity contribution in [2.24, 2.45) is 5.92 Å². The van der Waals surface area contributed by atoms with Crippen molar-refractivity contribution in [3.8, 4) is 5.75 Å². The van der Waals surface area contributed by atoms with Crippen molar-refractivity contribution in [1.29, 1.82) is 0 Å². The van der Waals surface area contributed by atoms with Gasteiger partial charge in [-0.1, -0.05) is 61.4 Å². The molecule has 1 aliphatic rings. The number of nitrogens with zero attached hydrogens (tertiary/aromatic N) is 1. The predicted molar refractivity (Wildman–Crippen MR) is 139 cm³/mol. The zero-order valence-electron chi connectivity index (χ0n) is 20.8. The molecule has 1 heterocycles. The highest BCUT2D eigenvalue weighted by Gasteiger charge is 2.47. The summed E-state index contributed by atoms with van der Waals surface area (Å²) in [7, 11) is 0. The maximum Gasteiger partial charge on any atom is 0.300 e. The molecule has 35 heavy (non-hydrogen) atoms. The molecule has 3 aromatic rings. The molecular weight excluding hydrogens is 438 g/mol. The van der Waals surface area contributed by atoms with Crippen LogP contribution in [-0.2, 0) is 9.59 Å². The Balaban J connectivity index is 1.92. The molecule has 4 rings (SSSR count). The van der Waals surface area contributed by atoms with Crippen molar-refractivity contribution in [3.05, 3.63) is 100 Å². The zero-order chi connectivity index (χ0) is 25.3. The van der Waals surface area contributed by atoms with Crippen LogP contribution in [0.2, 0.25) is 0 Å². The molecule has 5 nitrogen and oxygen atoms in total. The van der Waals surface area contributed by atoms with E-state index in [1.807, 2.05) is 87.5 Å². The highest BCUT2D eigenvalue weighted by molar-refractivity contribution is 6.51. The number of benzene rings is 3. The second kappa shape index (κ2) is 9.79. The van der Waals surface area contributed by atoms with Gasteiger partial charge < -0.3 is 9.84 Å². The first kappa shape index (κ1) is 24.3. The van der Waals surface area contributed by atoms with Gasteiger partial charge in [0, 0.05) is 11.3 Å². The zero-order valence-corrected chi connectivity index (χ0v) is 20.8. The van der Waals surface area contributed by atoms with Gasteiger partial charge in [-0.3, -0.25) is 14.5 Å². The first-order valence-corrected chi connectivity index (χ1v) is 11.9. The molecule has 0 saturated carbocycles. The van der Waals surface area contributed by atoms with E-state index < -0.39 is 17.7 Å². The minimum Gasteiger partial charge on any atom is -0.507 e. The third-order valence-electron chi connectivity index (χ3n) is 6.16. The molecule has 1 atom stereocenters. The van der Waals surface area contributed by atoms with Gasteiger partial charge in [-0.2, -0.15) is 0 Å². The van der Waals surface area contributed by atoms with Gasteiger partial charge in [-0.25, -0.2) is 0 Å². The summed E-state index contributed by atoms with van der Waals surface area (Å²) in [6, 6.07) is 19.7. The van der Waals surface area contributed by atoms with Gasteiger partial charge in [0.15, 0.2) is 0 Å². The predicted octanol–water partition coefficient (Wildman–Crippen LogP) is 6.27. The minimum absolute atomic E-state index is 0.0743. The molecule has 3 aromatic carbocycles. The van der Waals surface area contributed by atoms with Crippen molar-refractivity contribution < 1.29 is 19.4 Å². The van der Waals surface area contributed by atoms with E-state index in [0.717, 1.165) is 16.7 Å². The van der Waals surface area contributed by atoms with Crippen LogP contribution in [0.3, 0.4) is 0 Å². The van der Waals surface area contributed by atoms with E-state index in [2.05, 4.69) is 13.8 Å². The molecule has 1 N–H and O–H groups in total. The van der Waals surface area contributed by atoms with Gasteiger partial charge in [0.05, 0.1) is 18.2 Å². The summed E-state index contributed by atoms with van der Waals surface area (Å²) in [5, 5.41) is 11.4. The maximum absolute atomic E-state index is 13.4. The standard InChI is InChI=1S/C30H31NO4/c1-18(2)17-35-24-8-6-7-22(16-24)27-26(28(32)25-15-20(4)9-12-21(25)5)29(33)30(34)31(27)23-13-10-19(3)11-14-23/h6-16,18,27,32H,17H2,1-5H3/b28-26+. The highest BCUT2D eigenvalue weighted by atomic mass is 16.5. The van der Waals surface area contributed by atoms with Crippen LogP contribution in [-0.4, -0.2) is 23.4 Å². The smallest absolute Gasteiger partial charge is 0.300 e. The van der Waals surface area contributed by atoms with Crippen molar-refractivity contribution in [1.82, 2.24) is 0 Å². The van der Waals surface area contributed by atoms with Crippen molar-refractivity contribution in [3.63, 3.8) is 0 Å². The second-order valence-corrected chi connectivity index (χ2v) is 9.60. The van der Waals surface area contributed by atoms with Crippen LogP contribution >= 0.6 is 0 Å². The minimum atomic E-state index is -0.791. The number of carbonyl (C=O) groups is 2. The maximum atomic E-state index is 13.4. The number of ketones is 1. The Hall–Kier alpha value is -3.86. The van der Waals surface area contributed by atoms with Crippen molar-refractivity contribution in [2.75, 3.05) is 11.5 Å². The summed E-state index contributed by atoms with van der Waals surface area (Å²) in [6.45, 7) is 10.4. The van der Waals surface area contributed by atoms with E-state index in [-0.39, 0.29) is 11.3 Å². The molecule has 1 aliphatic heterocycles. The molecule has 180 valence electrons. The Morgan fingerprint density at radius 2 is 1.63 bits per heavy atom. The summed E-state index contributed by atoms with van der Waals surface area (Å²) in [4.78, 5) is 28.3. The molecule has 0 radical (unpaired) electrons. The van der Waals surface area contributed by atoms with Gasteiger partial charge in [0.25, 0.3) is 11.7 Å². The third-order valence-corrected chi connectivity index (χ3v) is 6.16. The van der Waals surface area contributed by atoms with E-state index in [1.165, 1.54) is 4.90 Å². The van der Waals surface area contributed by atoms with Gasteiger partial charge in [-0.05, 0) is 68.1 Å². The number of aryl methyl sites for hydroxylation is 3. The van der Waals surface area contributed by atoms with Crippen LogP contribution in [0.4, 0.5) is 5.69 Å². The fourth-order valence-corrected chi connectivity index (χ4v) is 4.29. The van der Waals surface area contributed by atoms with Gasteiger partial charge in [0.2, 0.25) is 0 Å². The second-order valence-electron chi connectivity index (χ2n) is 9.60. The Labute approximate surface area is 206 Å². The lowest BCUT2D eigenvalue weighted by Gasteiger charge is -2.26. The molecule has 5 heteroatoms. The molecule has 1 unspecified atom stereocenters. The first-order valence-electron chi connectivity index (χ1n) is 11.9. The Kier molecular flexibility index (Phi) is 6.79. The fourth-order valence-electron chi connectivity index (χ4n) is 4.29. The Bertz CT molecular complexity index is 1300. The van der Waals surface area contributed by atoms with E-state index in [0.29, 0.717) is 35.1 Å². The average molecular weight is 470 g/mol. The topological polar surface area (TPSA) is 66.8 Å². The quantitative estimate of drug-likeness (QED) is 0.262. The van der Waals surface area contributed by atoms with Crippen LogP contribution in [0, 0.1) is 26.7 Å². The first-order chi connectivity index (χ1) is 16.7. The number of amides is 1. The number of carbonyl (C=O) groups excluding carboxylic acids is 2. The molecule has 0 aliphatic carbocycles. The number of aliphatic hydroxyl groups is 1. The van der Waals surface area contributed by atoms with E-state index in [1.54, 1.807) is 0 Å². The van der Waals surface area contributed by atoms with Gasteiger partial charge in [0.1, 0.15) is 11.5 Å². The number of Topliss-reactive ketones (excluding diaryl/α,β-unsaturated/α-hetero) is 1. The summed E-state index contributed by atoms with van der Waals surface area (Å²) in [6.07, 6.45) is 0. The Morgan fingerprint density at radius 1 is 0.943 bits per heavy atom. The summed E-state index contributed by atoms with van der Waals surface area (Å²) >= 11 is 0. The molecule has 0 bridgehead atoms. The number of hydrogen-bond acceptors (Lipinski definition) is 4. The van der Waals surface area contributed by atoms with Crippen molar-refractivity contribution >= 4 is 23.1 Å².